The van der Waals surface area contributed by atoms with Crippen LogP contribution in [0.15, 0.2) is 60.7 Å². The fourth-order valence-electron chi connectivity index (χ4n) is 4.25. The Kier molecular flexibility index (Phi) is 7.85. The average Bonchev–Trinajstić information content (AvgIpc) is 3.30. The van der Waals surface area contributed by atoms with Crippen molar-refractivity contribution in [2.75, 3.05) is 19.1 Å². The molecular weight excluding hydrogens is 501 g/mol. The normalized spacial score (nSPS) is 12.2. The topological polar surface area (TPSA) is 98.6 Å². The zero-order chi connectivity index (χ0) is 28.3. The Hall–Kier alpha value is -4.47. The molecule has 0 spiro atoms. The molecule has 0 aliphatic heterocycles. The van der Waals surface area contributed by atoms with E-state index in [9.17, 15) is 14.0 Å². The maximum atomic E-state index is 14.9. The van der Waals surface area contributed by atoms with E-state index in [1.807, 2.05) is 32.9 Å². The van der Waals surface area contributed by atoms with E-state index in [1.54, 1.807) is 49.4 Å². The van der Waals surface area contributed by atoms with Crippen LogP contribution in [-0.4, -0.2) is 46.6 Å². The first kappa shape index (κ1) is 27.6. The second-order valence-electron chi connectivity index (χ2n) is 10.2. The van der Waals surface area contributed by atoms with Crippen LogP contribution in [0.4, 0.5) is 10.1 Å². The zero-order valence-electron chi connectivity index (χ0n) is 22.9. The van der Waals surface area contributed by atoms with Gasteiger partial charge >= 0.3 is 0 Å². The first-order valence-electron chi connectivity index (χ1n) is 12.4. The van der Waals surface area contributed by atoms with Crippen LogP contribution in [0.5, 0.6) is 11.5 Å². The van der Waals surface area contributed by atoms with Gasteiger partial charge in [-0.2, -0.15) is 0 Å². The number of carbonyl (C=O) groups is 2. The van der Waals surface area contributed by atoms with Gasteiger partial charge in [0.15, 0.2) is 0 Å². The highest BCUT2D eigenvalue weighted by atomic mass is 19.1. The number of benzene rings is 3. The predicted molar refractivity (Wildman–Crippen MR) is 146 cm³/mol. The number of methoxy groups -OCH3 is 2. The van der Waals surface area contributed by atoms with Crippen LogP contribution in [0, 0.1) is 12.7 Å². The third kappa shape index (κ3) is 6.17. The molecule has 3 aromatic carbocycles. The van der Waals surface area contributed by atoms with Crippen LogP contribution in [-0.2, 0) is 16.1 Å². The lowest BCUT2D eigenvalue weighted by molar-refractivity contribution is -0.128. The van der Waals surface area contributed by atoms with Gasteiger partial charge in [0.2, 0.25) is 11.8 Å². The van der Waals surface area contributed by atoms with Gasteiger partial charge in [0, 0.05) is 17.3 Å². The van der Waals surface area contributed by atoms with Crippen LogP contribution < -0.4 is 19.7 Å². The summed E-state index contributed by atoms with van der Waals surface area (Å²) in [4.78, 5) is 29.3. The van der Waals surface area contributed by atoms with Gasteiger partial charge in [0.25, 0.3) is 0 Å². The number of carbonyl (C=O) groups excluding carboxylic acids is 2. The Balaban J connectivity index is 1.90. The number of hydrogen-bond acceptors (Lipinski definition) is 6. The van der Waals surface area contributed by atoms with E-state index < -0.39 is 29.2 Å². The molecule has 39 heavy (non-hydrogen) atoms. The summed E-state index contributed by atoms with van der Waals surface area (Å²) in [6.07, 6.45) is 0. The van der Waals surface area contributed by atoms with Crippen molar-refractivity contribution in [2.24, 2.45) is 0 Å². The molecule has 10 heteroatoms. The van der Waals surface area contributed by atoms with Crippen molar-refractivity contribution >= 4 is 28.5 Å². The number of rotatable bonds is 8. The minimum Gasteiger partial charge on any atom is -0.497 e. The van der Waals surface area contributed by atoms with Crippen molar-refractivity contribution in [3.63, 3.8) is 0 Å². The molecule has 4 aromatic rings. The molecule has 1 aromatic heterocycles. The minimum absolute atomic E-state index is 0.211. The Morgan fingerprint density at radius 3 is 2.31 bits per heavy atom. The molecule has 204 valence electrons. The van der Waals surface area contributed by atoms with E-state index in [0.717, 1.165) is 0 Å². The lowest BCUT2D eigenvalue weighted by Gasteiger charge is -2.34. The molecular formula is C29H32FN5O4. The van der Waals surface area contributed by atoms with E-state index in [2.05, 4.69) is 15.6 Å². The predicted octanol–water partition coefficient (Wildman–Crippen LogP) is 4.59. The largest absolute Gasteiger partial charge is 0.497 e. The number of halogens is 1. The molecule has 0 unspecified atom stereocenters. The first-order valence-corrected chi connectivity index (χ1v) is 12.4. The van der Waals surface area contributed by atoms with Gasteiger partial charge in [-0.3, -0.25) is 14.5 Å². The summed E-state index contributed by atoms with van der Waals surface area (Å²) in [5, 5.41) is 11.2. The van der Waals surface area contributed by atoms with Gasteiger partial charge in [-0.25, -0.2) is 9.07 Å². The molecule has 0 saturated carbocycles. The van der Waals surface area contributed by atoms with Crippen molar-refractivity contribution in [3.8, 4) is 11.5 Å². The lowest BCUT2D eigenvalue weighted by atomic mass is 9.99. The summed E-state index contributed by atoms with van der Waals surface area (Å²) in [6, 6.07) is 15.5. The molecule has 0 radical (unpaired) electrons. The van der Waals surface area contributed by atoms with E-state index in [-0.39, 0.29) is 12.2 Å². The number of nitrogens with zero attached hydrogens (tertiary/aromatic N) is 4. The van der Waals surface area contributed by atoms with Crippen molar-refractivity contribution in [3.05, 3.63) is 77.6 Å². The third-order valence-corrected chi connectivity index (χ3v) is 6.10. The SMILES string of the molecule is COc1cc(OC)cc([C@@H](C(=O)NC(C)(C)C)N(C(=O)Cn2nnc3ccccc32)c2ccc(C)c(F)c2)c1. The number of anilines is 1. The van der Waals surface area contributed by atoms with Crippen LogP contribution in [0.25, 0.3) is 11.0 Å². The van der Waals surface area contributed by atoms with Crippen LogP contribution in [0.2, 0.25) is 0 Å². The number of ether oxygens (including phenoxy) is 2. The molecule has 9 nitrogen and oxygen atoms in total. The summed E-state index contributed by atoms with van der Waals surface area (Å²) in [5.74, 6) is -0.597. The molecule has 0 fully saturated rings. The fourth-order valence-corrected chi connectivity index (χ4v) is 4.25. The Morgan fingerprint density at radius 2 is 1.69 bits per heavy atom. The molecule has 1 heterocycles. The second-order valence-corrected chi connectivity index (χ2v) is 10.2. The van der Waals surface area contributed by atoms with Gasteiger partial charge in [-0.1, -0.05) is 23.4 Å². The summed E-state index contributed by atoms with van der Waals surface area (Å²) < 4.78 is 27.2. The summed E-state index contributed by atoms with van der Waals surface area (Å²) in [5.41, 5.74) is 1.70. The zero-order valence-corrected chi connectivity index (χ0v) is 22.9. The average molecular weight is 534 g/mol. The number of para-hydroxylation sites is 1. The smallest absolute Gasteiger partial charge is 0.249 e. The summed E-state index contributed by atoms with van der Waals surface area (Å²) in [6.45, 7) is 6.91. The number of nitrogens with one attached hydrogen (secondary N) is 1. The molecule has 4 rings (SSSR count). The Labute approximate surface area is 226 Å². The molecule has 0 aliphatic rings. The number of hydrogen-bond donors (Lipinski definition) is 1. The molecule has 0 aliphatic carbocycles. The quantitative estimate of drug-likeness (QED) is 0.356. The number of aromatic nitrogens is 3. The second kappa shape index (κ2) is 11.1. The van der Waals surface area contributed by atoms with Crippen LogP contribution in [0.3, 0.4) is 0 Å². The standard InChI is InChI=1S/C29H32FN5O4/c1-18-11-12-20(15-23(18)30)35(26(36)17-34-25-10-8-7-9-24(25)32-33-34)27(28(37)31-29(2,3)4)19-13-21(38-5)16-22(14-19)39-6/h7-16,27H,17H2,1-6H3,(H,31,37)/t27-/m0/s1. The van der Waals surface area contributed by atoms with Gasteiger partial charge in [0.1, 0.15) is 35.4 Å². The maximum Gasteiger partial charge on any atom is 0.249 e. The van der Waals surface area contributed by atoms with Crippen molar-refractivity contribution in [1.82, 2.24) is 20.3 Å². The molecule has 0 saturated heterocycles. The van der Waals surface area contributed by atoms with Gasteiger partial charge < -0.3 is 14.8 Å². The van der Waals surface area contributed by atoms with Gasteiger partial charge in [-0.05, 0) is 75.2 Å². The number of fused-ring (bicyclic) bond motifs is 1. The summed E-state index contributed by atoms with van der Waals surface area (Å²) in [7, 11) is 2.99. The van der Waals surface area contributed by atoms with E-state index in [0.29, 0.717) is 33.7 Å². The van der Waals surface area contributed by atoms with E-state index in [1.165, 1.54) is 29.9 Å². The van der Waals surface area contributed by atoms with E-state index >= 15 is 0 Å². The molecule has 1 N–H and O–H groups in total. The maximum absolute atomic E-state index is 14.9. The highest BCUT2D eigenvalue weighted by Gasteiger charge is 2.36. The highest BCUT2D eigenvalue weighted by molar-refractivity contribution is 6.01. The molecule has 2 amide bonds. The Bertz CT molecular complexity index is 1490. The van der Waals surface area contributed by atoms with Gasteiger partial charge in [-0.15, -0.1) is 5.10 Å². The van der Waals surface area contributed by atoms with Gasteiger partial charge in [0.05, 0.1) is 19.7 Å². The highest BCUT2D eigenvalue weighted by Crippen LogP contribution is 2.34. The minimum atomic E-state index is -1.20. The van der Waals surface area contributed by atoms with Crippen LogP contribution >= 0.6 is 0 Å². The summed E-state index contributed by atoms with van der Waals surface area (Å²) >= 11 is 0. The van der Waals surface area contributed by atoms with Crippen molar-refractivity contribution in [1.29, 1.82) is 0 Å². The lowest BCUT2D eigenvalue weighted by Crippen LogP contribution is -2.50. The number of amides is 2. The van der Waals surface area contributed by atoms with Crippen LogP contribution in [0.1, 0.15) is 37.9 Å². The fraction of sp³-hybridized carbons (Fsp3) is 0.310. The monoisotopic (exact) mass is 533 g/mol. The molecule has 0 bridgehead atoms. The number of aryl methyl sites for hydroxylation is 1. The third-order valence-electron chi connectivity index (χ3n) is 6.10. The van der Waals surface area contributed by atoms with Crippen molar-refractivity contribution < 1.29 is 23.5 Å². The van der Waals surface area contributed by atoms with E-state index in [4.69, 9.17) is 9.47 Å². The Morgan fingerprint density at radius 1 is 1.03 bits per heavy atom. The van der Waals surface area contributed by atoms with Crippen molar-refractivity contribution in [2.45, 2.75) is 45.8 Å². The molecule has 1 atom stereocenters. The first-order chi connectivity index (χ1) is 18.5.